The van der Waals surface area contributed by atoms with Crippen LogP contribution in [0.1, 0.15) is 15.2 Å². The van der Waals surface area contributed by atoms with Crippen LogP contribution in [0.3, 0.4) is 0 Å². The van der Waals surface area contributed by atoms with Gasteiger partial charge in [0.15, 0.2) is 0 Å². The summed E-state index contributed by atoms with van der Waals surface area (Å²) in [5, 5.41) is 27.2. The summed E-state index contributed by atoms with van der Waals surface area (Å²) in [4.78, 5) is 38.3. The molecule has 226 valence electrons. The lowest BCUT2D eigenvalue weighted by Crippen LogP contribution is -2.34. The Hall–Kier alpha value is -4.30. The van der Waals surface area contributed by atoms with Gasteiger partial charge in [0.25, 0.3) is 0 Å². The van der Waals surface area contributed by atoms with E-state index in [1.54, 1.807) is 6.92 Å². The summed E-state index contributed by atoms with van der Waals surface area (Å²) in [7, 11) is 0. The van der Waals surface area contributed by atoms with Crippen LogP contribution in [0.5, 0.6) is 5.75 Å². The van der Waals surface area contributed by atoms with Crippen molar-refractivity contribution in [2.75, 3.05) is 18.4 Å². The topological polar surface area (TPSA) is 211 Å². The fourth-order valence-electron chi connectivity index (χ4n) is 2.57. The van der Waals surface area contributed by atoms with Crippen molar-refractivity contribution in [3.05, 3.63) is 40.8 Å². The number of alkyl halides is 6. The number of halogens is 7. The van der Waals surface area contributed by atoms with Gasteiger partial charge < -0.3 is 36.8 Å². The molecular formula is C21H20F7N5O7S. The normalized spacial score (nSPS) is 11.2. The Morgan fingerprint density at radius 3 is 1.95 bits per heavy atom. The molecule has 3 aromatic rings. The van der Waals surface area contributed by atoms with E-state index in [1.807, 2.05) is 0 Å². The number of aliphatic carboxylic acids is 2. The summed E-state index contributed by atoms with van der Waals surface area (Å²) in [6.07, 6.45) is -9.31. The average molecular weight is 619 g/mol. The van der Waals surface area contributed by atoms with E-state index in [0.29, 0.717) is 27.3 Å². The Balaban J connectivity index is 0.000000497. The maximum absolute atomic E-state index is 13.7. The van der Waals surface area contributed by atoms with Crippen LogP contribution < -0.4 is 21.5 Å². The highest BCUT2D eigenvalue weighted by molar-refractivity contribution is 7.20. The fourth-order valence-corrected chi connectivity index (χ4v) is 3.55. The van der Waals surface area contributed by atoms with Crippen molar-refractivity contribution in [3.63, 3.8) is 0 Å². The Morgan fingerprint density at radius 2 is 1.51 bits per heavy atom. The number of carboxylic acid groups (broad SMARTS) is 3. The minimum atomic E-state index is -5.08. The molecule has 12 nitrogen and oxygen atoms in total. The van der Waals surface area contributed by atoms with E-state index in [1.165, 1.54) is 24.5 Å². The molecule has 0 atom stereocenters. The maximum atomic E-state index is 13.7. The predicted octanol–water partition coefficient (Wildman–Crippen LogP) is 3.51. The van der Waals surface area contributed by atoms with Gasteiger partial charge in [-0.15, -0.1) is 11.3 Å². The molecule has 41 heavy (non-hydrogen) atoms. The van der Waals surface area contributed by atoms with Crippen LogP contribution in [0, 0.1) is 12.7 Å². The number of aryl methyl sites for hydroxylation is 1. The molecule has 0 aliphatic heterocycles. The molecule has 2 aromatic heterocycles. The van der Waals surface area contributed by atoms with Crippen molar-refractivity contribution in [2.45, 2.75) is 25.4 Å². The van der Waals surface area contributed by atoms with Gasteiger partial charge in [-0.05, 0) is 24.6 Å². The molecule has 20 heteroatoms. The van der Waals surface area contributed by atoms with Crippen molar-refractivity contribution in [1.29, 1.82) is 0 Å². The second-order valence-corrected chi connectivity index (χ2v) is 8.35. The first kappa shape index (κ1) is 34.7. The van der Waals surface area contributed by atoms with Crippen molar-refractivity contribution < 1.29 is 65.2 Å². The highest BCUT2D eigenvalue weighted by Gasteiger charge is 2.38. The monoisotopic (exact) mass is 619 g/mol. The summed E-state index contributed by atoms with van der Waals surface area (Å²) in [6.45, 7) is 2.05. The van der Waals surface area contributed by atoms with Crippen LogP contribution in [0.2, 0.25) is 0 Å². The van der Waals surface area contributed by atoms with Gasteiger partial charge in [-0.3, -0.25) is 0 Å². The molecular weight excluding hydrogens is 599 g/mol. The maximum Gasteiger partial charge on any atom is 0.490 e. The first-order valence-corrected chi connectivity index (χ1v) is 11.4. The third-order valence-electron chi connectivity index (χ3n) is 4.42. The molecule has 0 bridgehead atoms. The number of carbonyl (C=O) groups is 3. The molecule has 0 unspecified atom stereocenters. The van der Waals surface area contributed by atoms with Gasteiger partial charge in [0, 0.05) is 19.2 Å². The number of carboxylic acids is 3. The summed E-state index contributed by atoms with van der Waals surface area (Å²) in [5.41, 5.74) is 12.2. The lowest BCUT2D eigenvalue weighted by Gasteiger charge is -2.19. The Bertz CT molecular complexity index is 1360. The Kier molecular flexibility index (Phi) is 12.2. The van der Waals surface area contributed by atoms with Crippen LogP contribution in [0.4, 0.5) is 42.2 Å². The standard InChI is InChI=1S/C17H18FN5O3S.2C2HF3O2/c1-8-13-15(21-7-22-16(13)27-14(8)17(24)25)23-11-3-2-9(18)4-12(11)26-10(5-19)6-20;2*3-2(4,5)1(6)7/h2-4,7,10H,5-6,19-20H2,1H3,(H,24,25)(H,21,22,23);2*(H,6,7). The third-order valence-corrected chi connectivity index (χ3v) is 5.61. The van der Waals surface area contributed by atoms with E-state index >= 15 is 0 Å². The molecule has 0 aliphatic carbocycles. The number of benzene rings is 1. The van der Waals surface area contributed by atoms with Crippen LogP contribution in [-0.4, -0.2) is 74.7 Å². The fraction of sp³-hybridized carbons (Fsp3) is 0.286. The summed E-state index contributed by atoms with van der Waals surface area (Å²) < 4.78 is 82.9. The number of nitrogens with zero attached hydrogens (tertiary/aromatic N) is 2. The third kappa shape index (κ3) is 10.3. The number of aromatic carboxylic acids is 1. The van der Waals surface area contributed by atoms with E-state index in [-0.39, 0.29) is 23.7 Å². The molecule has 0 fully saturated rings. The van der Waals surface area contributed by atoms with Crippen molar-refractivity contribution in [1.82, 2.24) is 9.97 Å². The minimum Gasteiger partial charge on any atom is -0.485 e. The van der Waals surface area contributed by atoms with Crippen molar-refractivity contribution in [3.8, 4) is 5.75 Å². The van der Waals surface area contributed by atoms with E-state index in [4.69, 9.17) is 36.0 Å². The van der Waals surface area contributed by atoms with Gasteiger partial charge >= 0.3 is 30.3 Å². The molecule has 0 spiro atoms. The van der Waals surface area contributed by atoms with Crippen LogP contribution in [0.25, 0.3) is 10.2 Å². The molecule has 3 rings (SSSR count). The number of hydrogen-bond donors (Lipinski definition) is 6. The Labute approximate surface area is 228 Å². The van der Waals surface area contributed by atoms with Gasteiger partial charge in [0.05, 0.1) is 11.1 Å². The smallest absolute Gasteiger partial charge is 0.485 e. The second-order valence-electron chi connectivity index (χ2n) is 7.35. The molecule has 0 saturated heterocycles. The second kappa shape index (κ2) is 14.4. The van der Waals surface area contributed by atoms with Crippen molar-refractivity contribution >= 4 is 51.0 Å². The zero-order chi connectivity index (χ0) is 31.7. The first-order valence-electron chi connectivity index (χ1n) is 10.5. The number of ether oxygens (including phenoxy) is 1. The number of nitrogens with one attached hydrogen (secondary N) is 1. The van der Waals surface area contributed by atoms with E-state index < -0.39 is 42.2 Å². The van der Waals surface area contributed by atoms with E-state index in [0.717, 1.165) is 11.3 Å². The van der Waals surface area contributed by atoms with Crippen LogP contribution >= 0.6 is 11.3 Å². The van der Waals surface area contributed by atoms with Crippen LogP contribution in [0.15, 0.2) is 24.5 Å². The van der Waals surface area contributed by atoms with Crippen molar-refractivity contribution in [2.24, 2.45) is 11.5 Å². The predicted molar refractivity (Wildman–Crippen MR) is 129 cm³/mol. The summed E-state index contributed by atoms with van der Waals surface area (Å²) >= 11 is 1.07. The lowest BCUT2D eigenvalue weighted by molar-refractivity contribution is -0.193. The van der Waals surface area contributed by atoms with Gasteiger partial charge in [-0.1, -0.05) is 0 Å². The highest BCUT2D eigenvalue weighted by Crippen LogP contribution is 2.36. The molecule has 0 amide bonds. The van der Waals surface area contributed by atoms with Gasteiger partial charge in [0.2, 0.25) is 0 Å². The highest BCUT2D eigenvalue weighted by atomic mass is 32.1. The number of rotatable bonds is 7. The lowest BCUT2D eigenvalue weighted by atomic mass is 10.2. The summed E-state index contributed by atoms with van der Waals surface area (Å²) in [5.74, 6) is -6.39. The SMILES string of the molecule is Cc1c(C(=O)O)sc2ncnc(Nc3ccc(F)cc3OC(CN)CN)c12.O=C(O)C(F)(F)F.O=C(O)C(F)(F)F. The van der Waals surface area contributed by atoms with E-state index in [2.05, 4.69) is 15.3 Å². The molecule has 0 aliphatic rings. The number of nitrogens with two attached hydrogens (primary N) is 2. The average Bonchev–Trinajstić information content (AvgIpc) is 3.21. The first-order chi connectivity index (χ1) is 18.8. The largest absolute Gasteiger partial charge is 0.490 e. The molecule has 2 heterocycles. The zero-order valence-electron chi connectivity index (χ0n) is 20.4. The minimum absolute atomic E-state index is 0.176. The molecule has 0 saturated carbocycles. The number of aromatic nitrogens is 2. The number of hydrogen-bond acceptors (Lipinski definition) is 10. The molecule has 8 N–H and O–H groups in total. The number of anilines is 2. The van der Waals surface area contributed by atoms with Gasteiger partial charge in [0.1, 0.15) is 39.5 Å². The summed E-state index contributed by atoms with van der Waals surface area (Å²) in [6, 6.07) is 4.00. The van der Waals surface area contributed by atoms with Gasteiger partial charge in [-0.25, -0.2) is 28.7 Å². The number of thiophene rings is 1. The van der Waals surface area contributed by atoms with Gasteiger partial charge in [-0.2, -0.15) is 26.3 Å². The molecule has 1 aromatic carbocycles. The van der Waals surface area contributed by atoms with Crippen LogP contribution in [-0.2, 0) is 9.59 Å². The Morgan fingerprint density at radius 1 is 1.00 bits per heavy atom. The quantitative estimate of drug-likeness (QED) is 0.210. The van der Waals surface area contributed by atoms with E-state index in [9.17, 15) is 40.6 Å². The molecule has 0 radical (unpaired) electrons. The number of fused-ring (bicyclic) bond motifs is 1. The zero-order valence-corrected chi connectivity index (χ0v) is 21.2.